The zero-order valence-corrected chi connectivity index (χ0v) is 9.79. The van der Waals surface area contributed by atoms with Crippen molar-refractivity contribution in [3.8, 4) is 0 Å². The summed E-state index contributed by atoms with van der Waals surface area (Å²) in [6.07, 6.45) is 2.67. The van der Waals surface area contributed by atoms with E-state index in [9.17, 15) is 0 Å². The summed E-state index contributed by atoms with van der Waals surface area (Å²) in [7, 11) is 0. The highest BCUT2D eigenvalue weighted by Crippen LogP contribution is 2.57. The third-order valence-electron chi connectivity index (χ3n) is 3.60. The summed E-state index contributed by atoms with van der Waals surface area (Å²) in [4.78, 5) is 6.96. The Morgan fingerprint density at radius 1 is 1.57 bits per heavy atom. The molecule has 0 spiro atoms. The van der Waals surface area contributed by atoms with Crippen LogP contribution in [-0.2, 0) is 0 Å². The van der Waals surface area contributed by atoms with E-state index in [4.69, 9.17) is 0 Å². The minimum Gasteiger partial charge on any atom is -0.353 e. The molecule has 0 unspecified atom stereocenters. The van der Waals surface area contributed by atoms with Crippen LogP contribution in [0.1, 0.15) is 19.8 Å². The van der Waals surface area contributed by atoms with Crippen molar-refractivity contribution < 1.29 is 0 Å². The predicted octanol–water partition coefficient (Wildman–Crippen LogP) is 2.83. The summed E-state index contributed by atoms with van der Waals surface area (Å²) >= 11 is 3.42. The SMILES string of the molecule is C[C@]12CCN(c3cccc(Br)n3)[C@@H]1C2. The van der Waals surface area contributed by atoms with Crippen LogP contribution in [0.5, 0.6) is 0 Å². The molecule has 0 amide bonds. The van der Waals surface area contributed by atoms with E-state index in [-0.39, 0.29) is 0 Å². The van der Waals surface area contributed by atoms with Gasteiger partial charge in [0.15, 0.2) is 0 Å². The molecule has 1 aromatic heterocycles. The van der Waals surface area contributed by atoms with Gasteiger partial charge in [-0.15, -0.1) is 0 Å². The number of pyridine rings is 1. The van der Waals surface area contributed by atoms with Crippen LogP contribution < -0.4 is 4.90 Å². The van der Waals surface area contributed by atoms with Gasteiger partial charge in [0.2, 0.25) is 0 Å². The van der Waals surface area contributed by atoms with Crippen molar-refractivity contribution in [1.82, 2.24) is 4.98 Å². The van der Waals surface area contributed by atoms with Gasteiger partial charge in [0, 0.05) is 12.6 Å². The number of fused-ring (bicyclic) bond motifs is 1. The average molecular weight is 253 g/mol. The second-order valence-electron chi connectivity index (χ2n) is 4.64. The number of aromatic nitrogens is 1. The molecule has 2 heterocycles. The van der Waals surface area contributed by atoms with Crippen molar-refractivity contribution in [3.05, 3.63) is 22.8 Å². The Morgan fingerprint density at radius 2 is 2.43 bits per heavy atom. The Bertz CT molecular complexity index is 379. The van der Waals surface area contributed by atoms with Gasteiger partial charge in [0.1, 0.15) is 10.4 Å². The Balaban J connectivity index is 1.90. The summed E-state index contributed by atoms with van der Waals surface area (Å²) in [6, 6.07) is 6.90. The van der Waals surface area contributed by atoms with Gasteiger partial charge in [-0.25, -0.2) is 4.98 Å². The van der Waals surface area contributed by atoms with Crippen LogP contribution in [-0.4, -0.2) is 17.6 Å². The van der Waals surface area contributed by atoms with Crippen LogP contribution in [0.2, 0.25) is 0 Å². The van der Waals surface area contributed by atoms with Crippen molar-refractivity contribution in [1.29, 1.82) is 0 Å². The van der Waals surface area contributed by atoms with Gasteiger partial charge < -0.3 is 4.90 Å². The summed E-state index contributed by atoms with van der Waals surface area (Å²) in [5.41, 5.74) is 0.601. The van der Waals surface area contributed by atoms with E-state index in [1.54, 1.807) is 0 Å². The number of halogens is 1. The van der Waals surface area contributed by atoms with E-state index >= 15 is 0 Å². The maximum Gasteiger partial charge on any atom is 0.130 e. The topological polar surface area (TPSA) is 16.1 Å². The highest BCUT2D eigenvalue weighted by molar-refractivity contribution is 9.10. The van der Waals surface area contributed by atoms with Crippen LogP contribution >= 0.6 is 15.9 Å². The van der Waals surface area contributed by atoms with Gasteiger partial charge in [-0.1, -0.05) is 13.0 Å². The van der Waals surface area contributed by atoms with Gasteiger partial charge >= 0.3 is 0 Å². The fourth-order valence-corrected chi connectivity index (χ4v) is 2.84. The fourth-order valence-electron chi connectivity index (χ4n) is 2.50. The lowest BCUT2D eigenvalue weighted by atomic mass is 10.1. The normalized spacial score (nSPS) is 34.4. The first kappa shape index (κ1) is 8.72. The van der Waals surface area contributed by atoms with E-state index in [0.29, 0.717) is 5.41 Å². The molecule has 0 radical (unpaired) electrons. The van der Waals surface area contributed by atoms with Crippen molar-refractivity contribution in [3.63, 3.8) is 0 Å². The molecular weight excluding hydrogens is 240 g/mol. The molecule has 1 saturated carbocycles. The quantitative estimate of drug-likeness (QED) is 0.715. The second kappa shape index (κ2) is 2.72. The number of nitrogens with zero attached hydrogens (tertiary/aromatic N) is 2. The number of piperidine rings is 1. The molecule has 1 aliphatic carbocycles. The lowest BCUT2D eigenvalue weighted by molar-refractivity contribution is 0.575. The monoisotopic (exact) mass is 252 g/mol. The van der Waals surface area contributed by atoms with Crippen molar-refractivity contribution in [2.45, 2.75) is 25.8 Å². The lowest BCUT2D eigenvalue weighted by Crippen LogP contribution is -2.23. The zero-order valence-electron chi connectivity index (χ0n) is 8.20. The molecule has 2 nitrogen and oxygen atoms in total. The van der Waals surface area contributed by atoms with E-state index < -0.39 is 0 Å². The predicted molar refractivity (Wildman–Crippen MR) is 60.4 cm³/mol. The van der Waals surface area contributed by atoms with Crippen LogP contribution in [0, 0.1) is 5.41 Å². The minimum absolute atomic E-state index is 0.601. The molecule has 3 rings (SSSR count). The Morgan fingerprint density at radius 3 is 3.00 bits per heavy atom. The fraction of sp³-hybridized carbons (Fsp3) is 0.545. The highest BCUT2D eigenvalue weighted by Gasteiger charge is 2.57. The van der Waals surface area contributed by atoms with E-state index in [0.717, 1.165) is 16.5 Å². The second-order valence-corrected chi connectivity index (χ2v) is 5.45. The van der Waals surface area contributed by atoms with Crippen LogP contribution in [0.4, 0.5) is 5.82 Å². The van der Waals surface area contributed by atoms with E-state index in [1.807, 2.05) is 6.07 Å². The molecule has 3 heteroatoms. The number of anilines is 1. The third kappa shape index (κ3) is 1.18. The summed E-state index contributed by atoms with van der Waals surface area (Å²) in [5.74, 6) is 1.13. The molecule has 1 aliphatic heterocycles. The molecule has 14 heavy (non-hydrogen) atoms. The maximum absolute atomic E-state index is 4.51. The largest absolute Gasteiger partial charge is 0.353 e. The zero-order chi connectivity index (χ0) is 9.76. The van der Waals surface area contributed by atoms with Gasteiger partial charge in [0.05, 0.1) is 0 Å². The molecule has 2 atom stereocenters. The number of hydrogen-bond donors (Lipinski definition) is 0. The Labute approximate surface area is 92.5 Å². The molecule has 2 fully saturated rings. The number of hydrogen-bond acceptors (Lipinski definition) is 2. The Kier molecular flexibility index (Phi) is 1.69. The average Bonchev–Trinajstić information content (AvgIpc) is 2.70. The minimum atomic E-state index is 0.601. The maximum atomic E-state index is 4.51. The van der Waals surface area contributed by atoms with Gasteiger partial charge in [-0.3, -0.25) is 0 Å². The first-order chi connectivity index (χ1) is 6.69. The van der Waals surface area contributed by atoms with E-state index in [1.165, 1.54) is 19.4 Å². The molecule has 2 aliphatic rings. The molecular formula is C11H13BrN2. The summed E-state index contributed by atoms with van der Waals surface area (Å²) < 4.78 is 0.934. The van der Waals surface area contributed by atoms with Gasteiger partial charge in [0.25, 0.3) is 0 Å². The highest BCUT2D eigenvalue weighted by atomic mass is 79.9. The molecule has 1 aromatic rings. The molecule has 1 saturated heterocycles. The number of rotatable bonds is 1. The van der Waals surface area contributed by atoms with Crippen LogP contribution in [0.15, 0.2) is 22.8 Å². The molecule has 0 bridgehead atoms. The Hall–Kier alpha value is -0.570. The third-order valence-corrected chi connectivity index (χ3v) is 4.04. The summed E-state index contributed by atoms with van der Waals surface area (Å²) in [6.45, 7) is 3.56. The smallest absolute Gasteiger partial charge is 0.130 e. The molecule has 0 aromatic carbocycles. The van der Waals surface area contributed by atoms with Crippen molar-refractivity contribution in [2.24, 2.45) is 5.41 Å². The first-order valence-electron chi connectivity index (χ1n) is 5.08. The van der Waals surface area contributed by atoms with Crippen molar-refractivity contribution >= 4 is 21.7 Å². The molecule has 74 valence electrons. The summed E-state index contributed by atoms with van der Waals surface area (Å²) in [5, 5.41) is 0. The van der Waals surface area contributed by atoms with Crippen molar-refractivity contribution in [2.75, 3.05) is 11.4 Å². The standard InChI is InChI=1S/C11H13BrN2/c1-11-5-6-14(8(11)7-11)10-4-2-3-9(12)13-10/h2-4,8H,5-7H2,1H3/t8-,11-/m1/s1. The first-order valence-corrected chi connectivity index (χ1v) is 5.88. The van der Waals surface area contributed by atoms with Gasteiger partial charge in [-0.05, 0) is 46.3 Å². The lowest BCUT2D eigenvalue weighted by Gasteiger charge is -2.18. The van der Waals surface area contributed by atoms with Gasteiger partial charge in [-0.2, -0.15) is 0 Å². The van der Waals surface area contributed by atoms with Crippen LogP contribution in [0.3, 0.4) is 0 Å². The van der Waals surface area contributed by atoms with E-state index in [2.05, 4.69) is 44.9 Å². The van der Waals surface area contributed by atoms with Crippen LogP contribution in [0.25, 0.3) is 0 Å². The molecule has 0 N–H and O–H groups in total.